The first-order chi connectivity index (χ1) is 7.84. The summed E-state index contributed by atoms with van der Waals surface area (Å²) in [6.45, 7) is 0. The van der Waals surface area contributed by atoms with E-state index in [-0.39, 0.29) is 0 Å². The molecule has 0 aliphatic heterocycles. The van der Waals surface area contributed by atoms with Crippen LogP contribution in [0.2, 0.25) is 5.15 Å². The summed E-state index contributed by atoms with van der Waals surface area (Å²) >= 11 is 6.02. The summed E-state index contributed by atoms with van der Waals surface area (Å²) in [6.07, 6.45) is 5.15. The fourth-order valence-corrected chi connectivity index (χ4v) is 1.81. The summed E-state index contributed by atoms with van der Waals surface area (Å²) in [5.74, 6) is 0. The molecule has 0 aromatic carbocycles. The van der Waals surface area contributed by atoms with Crippen molar-refractivity contribution in [2.45, 2.75) is 0 Å². The van der Waals surface area contributed by atoms with Crippen molar-refractivity contribution in [3.05, 3.63) is 41.9 Å². The van der Waals surface area contributed by atoms with Gasteiger partial charge in [0.05, 0.1) is 6.20 Å². The first-order valence-electron chi connectivity index (χ1n) is 4.74. The molecule has 0 atom stereocenters. The summed E-state index contributed by atoms with van der Waals surface area (Å²) in [4.78, 5) is 8.29. The van der Waals surface area contributed by atoms with Gasteiger partial charge in [0.1, 0.15) is 5.15 Å². The second-order valence-electron chi connectivity index (χ2n) is 3.37. The molecule has 0 unspecified atom stereocenters. The third-order valence-electron chi connectivity index (χ3n) is 2.36. The molecule has 0 aliphatic carbocycles. The Labute approximate surface area is 96.3 Å². The maximum absolute atomic E-state index is 6.02. The number of hydrogen-bond acceptors (Lipinski definition) is 3. The quantitative estimate of drug-likeness (QED) is 0.654. The highest BCUT2D eigenvalue weighted by Crippen LogP contribution is 2.26. The molecule has 0 bridgehead atoms. The number of nitrogens with zero attached hydrogens (tertiary/aromatic N) is 3. The minimum Gasteiger partial charge on any atom is -0.261 e. The molecule has 3 rings (SSSR count). The smallest absolute Gasteiger partial charge is 0.155 e. The van der Waals surface area contributed by atoms with Crippen LogP contribution >= 0.6 is 11.6 Å². The van der Waals surface area contributed by atoms with E-state index < -0.39 is 0 Å². The Morgan fingerprint density at radius 3 is 3.00 bits per heavy atom. The van der Waals surface area contributed by atoms with Crippen LogP contribution in [0.25, 0.3) is 22.2 Å². The van der Waals surface area contributed by atoms with Gasteiger partial charge in [-0.1, -0.05) is 11.6 Å². The fourth-order valence-electron chi connectivity index (χ4n) is 1.59. The molecule has 0 aliphatic rings. The van der Waals surface area contributed by atoms with E-state index in [1.807, 2.05) is 18.2 Å². The van der Waals surface area contributed by atoms with Crippen LogP contribution in [0.5, 0.6) is 0 Å². The molecular weight excluding hydrogens is 224 g/mol. The van der Waals surface area contributed by atoms with Gasteiger partial charge in [0.25, 0.3) is 0 Å². The molecule has 0 amide bonds. The highest BCUT2D eigenvalue weighted by Gasteiger charge is 2.05. The summed E-state index contributed by atoms with van der Waals surface area (Å²) in [7, 11) is 0. The molecule has 5 heteroatoms. The van der Waals surface area contributed by atoms with Gasteiger partial charge >= 0.3 is 0 Å². The van der Waals surface area contributed by atoms with E-state index in [1.54, 1.807) is 18.6 Å². The van der Waals surface area contributed by atoms with Crippen LogP contribution in [0.3, 0.4) is 0 Å². The SMILES string of the molecule is Clc1ncccc1-c1cnc2[nH]ncc2c1. The number of H-pyrrole nitrogens is 1. The van der Waals surface area contributed by atoms with Crippen molar-refractivity contribution >= 4 is 22.6 Å². The van der Waals surface area contributed by atoms with E-state index in [2.05, 4.69) is 20.2 Å². The van der Waals surface area contributed by atoms with Gasteiger partial charge in [-0.05, 0) is 18.2 Å². The molecule has 3 aromatic heterocycles. The van der Waals surface area contributed by atoms with Crippen LogP contribution in [-0.2, 0) is 0 Å². The Balaban J connectivity index is 2.22. The summed E-state index contributed by atoms with van der Waals surface area (Å²) < 4.78 is 0. The van der Waals surface area contributed by atoms with Crippen LogP contribution in [-0.4, -0.2) is 20.2 Å². The lowest BCUT2D eigenvalue weighted by atomic mass is 10.1. The summed E-state index contributed by atoms with van der Waals surface area (Å²) in [6, 6.07) is 5.74. The van der Waals surface area contributed by atoms with Crippen molar-refractivity contribution in [1.82, 2.24) is 20.2 Å². The van der Waals surface area contributed by atoms with Crippen molar-refractivity contribution in [3.8, 4) is 11.1 Å². The summed E-state index contributed by atoms with van der Waals surface area (Å²) in [5, 5.41) is 8.16. The molecule has 0 saturated heterocycles. The number of fused-ring (bicyclic) bond motifs is 1. The average molecular weight is 231 g/mol. The van der Waals surface area contributed by atoms with E-state index in [4.69, 9.17) is 11.6 Å². The number of pyridine rings is 2. The third-order valence-corrected chi connectivity index (χ3v) is 2.66. The monoisotopic (exact) mass is 230 g/mol. The first kappa shape index (κ1) is 9.30. The van der Waals surface area contributed by atoms with E-state index >= 15 is 0 Å². The molecule has 1 N–H and O–H groups in total. The zero-order chi connectivity index (χ0) is 11.0. The van der Waals surface area contributed by atoms with Crippen molar-refractivity contribution in [2.24, 2.45) is 0 Å². The highest BCUT2D eigenvalue weighted by molar-refractivity contribution is 6.32. The Hall–Kier alpha value is -1.94. The number of aromatic nitrogens is 4. The molecule has 0 spiro atoms. The molecule has 78 valence electrons. The van der Waals surface area contributed by atoms with Crippen molar-refractivity contribution in [2.75, 3.05) is 0 Å². The normalized spacial score (nSPS) is 10.8. The molecule has 0 fully saturated rings. The number of halogens is 1. The van der Waals surface area contributed by atoms with Crippen molar-refractivity contribution in [1.29, 1.82) is 0 Å². The predicted octanol–water partition coefficient (Wildman–Crippen LogP) is 2.67. The minimum absolute atomic E-state index is 0.479. The Kier molecular flexibility index (Phi) is 2.08. The van der Waals surface area contributed by atoms with E-state index in [9.17, 15) is 0 Å². The van der Waals surface area contributed by atoms with Crippen LogP contribution in [0.15, 0.2) is 36.8 Å². The van der Waals surface area contributed by atoms with Crippen LogP contribution in [0, 0.1) is 0 Å². The molecular formula is C11H7ClN4. The highest BCUT2D eigenvalue weighted by atomic mass is 35.5. The van der Waals surface area contributed by atoms with Gasteiger partial charge in [-0.15, -0.1) is 0 Å². The number of hydrogen-bond donors (Lipinski definition) is 1. The lowest BCUT2D eigenvalue weighted by Crippen LogP contribution is -1.84. The van der Waals surface area contributed by atoms with Crippen molar-refractivity contribution in [3.63, 3.8) is 0 Å². The average Bonchev–Trinajstić information content (AvgIpc) is 2.76. The van der Waals surface area contributed by atoms with Gasteiger partial charge in [0.15, 0.2) is 5.65 Å². The van der Waals surface area contributed by atoms with Gasteiger partial charge in [-0.3, -0.25) is 5.10 Å². The van der Waals surface area contributed by atoms with Crippen molar-refractivity contribution < 1.29 is 0 Å². The van der Waals surface area contributed by atoms with Gasteiger partial charge in [0.2, 0.25) is 0 Å². The molecule has 0 saturated carbocycles. The molecule has 3 aromatic rings. The number of rotatable bonds is 1. The minimum atomic E-state index is 0.479. The van der Waals surface area contributed by atoms with E-state index in [1.165, 1.54) is 0 Å². The maximum atomic E-state index is 6.02. The van der Waals surface area contributed by atoms with Crippen LogP contribution in [0.4, 0.5) is 0 Å². The Bertz CT molecular complexity index is 647. The van der Waals surface area contributed by atoms with Gasteiger partial charge in [-0.25, -0.2) is 9.97 Å². The van der Waals surface area contributed by atoms with Gasteiger partial charge < -0.3 is 0 Å². The first-order valence-corrected chi connectivity index (χ1v) is 5.12. The second-order valence-corrected chi connectivity index (χ2v) is 3.73. The standard InChI is InChI=1S/C11H7ClN4/c12-10-9(2-1-3-13-10)7-4-8-6-15-16-11(8)14-5-7/h1-6H,(H,14,15,16). The topological polar surface area (TPSA) is 54.5 Å². The largest absolute Gasteiger partial charge is 0.261 e. The Morgan fingerprint density at radius 2 is 2.12 bits per heavy atom. The number of aromatic amines is 1. The number of nitrogens with one attached hydrogen (secondary N) is 1. The predicted molar refractivity (Wildman–Crippen MR) is 62.1 cm³/mol. The Morgan fingerprint density at radius 1 is 1.19 bits per heavy atom. The third kappa shape index (κ3) is 1.44. The molecule has 16 heavy (non-hydrogen) atoms. The lowest BCUT2D eigenvalue weighted by molar-refractivity contribution is 1.10. The second kappa shape index (κ2) is 3.57. The molecule has 4 nitrogen and oxygen atoms in total. The lowest BCUT2D eigenvalue weighted by Gasteiger charge is -2.02. The zero-order valence-electron chi connectivity index (χ0n) is 8.18. The van der Waals surface area contributed by atoms with Crippen LogP contribution in [0.1, 0.15) is 0 Å². The maximum Gasteiger partial charge on any atom is 0.155 e. The molecule has 0 radical (unpaired) electrons. The van der Waals surface area contributed by atoms with Crippen LogP contribution < -0.4 is 0 Å². The fraction of sp³-hybridized carbons (Fsp3) is 0. The van der Waals surface area contributed by atoms with Gasteiger partial charge in [0, 0.05) is 28.9 Å². The van der Waals surface area contributed by atoms with E-state index in [0.717, 1.165) is 22.2 Å². The van der Waals surface area contributed by atoms with Gasteiger partial charge in [-0.2, -0.15) is 5.10 Å². The zero-order valence-corrected chi connectivity index (χ0v) is 8.94. The van der Waals surface area contributed by atoms with E-state index in [0.29, 0.717) is 5.15 Å². The molecule has 3 heterocycles. The summed E-state index contributed by atoms with van der Waals surface area (Å²) in [5.41, 5.74) is 2.58.